The first-order valence-electron chi connectivity index (χ1n) is 9.21. The Labute approximate surface area is 173 Å². The number of hydrogen-bond acceptors (Lipinski definition) is 6. The number of amides is 1. The van der Waals surface area contributed by atoms with Crippen molar-refractivity contribution in [3.05, 3.63) is 28.5 Å². The molecule has 1 amide bonds. The van der Waals surface area contributed by atoms with Gasteiger partial charge < -0.3 is 9.64 Å². The molecule has 0 radical (unpaired) electrons. The van der Waals surface area contributed by atoms with Gasteiger partial charge in [0.05, 0.1) is 27.6 Å². The summed E-state index contributed by atoms with van der Waals surface area (Å²) < 4.78 is 6.36. The molecule has 7 nitrogen and oxygen atoms in total. The lowest BCUT2D eigenvalue weighted by Gasteiger charge is -2.45. The summed E-state index contributed by atoms with van der Waals surface area (Å²) >= 11 is 3.49. The zero-order valence-electron chi connectivity index (χ0n) is 16.7. The molecule has 0 unspecified atom stereocenters. The summed E-state index contributed by atoms with van der Waals surface area (Å²) in [4.78, 5) is 25.6. The monoisotopic (exact) mass is 445 g/mol. The van der Waals surface area contributed by atoms with E-state index in [9.17, 15) is 10.1 Å². The molecule has 2 aromatic heterocycles. The van der Waals surface area contributed by atoms with Crippen LogP contribution in [0.3, 0.4) is 0 Å². The molecule has 1 saturated heterocycles. The number of carbonyl (C=O) groups is 1. The summed E-state index contributed by atoms with van der Waals surface area (Å²) in [5, 5.41) is 10.1. The standard InChI is InChI=1S/C20H24BrN5O2/c1-12-10-25(11-13(2)26(12)19(27)28-20(3,4)5)18-15-6-14(7-22)8-23-17(15)16(21)9-24-18/h6,8-9,12-13H,10-11H2,1-5H3/t12-,13+. The highest BCUT2D eigenvalue weighted by Gasteiger charge is 2.36. The van der Waals surface area contributed by atoms with Crippen molar-refractivity contribution >= 4 is 38.7 Å². The molecule has 0 aromatic carbocycles. The van der Waals surface area contributed by atoms with E-state index in [0.29, 0.717) is 18.7 Å². The highest BCUT2D eigenvalue weighted by molar-refractivity contribution is 9.10. The number of anilines is 1. The van der Waals surface area contributed by atoms with E-state index < -0.39 is 5.60 Å². The lowest BCUT2D eigenvalue weighted by Crippen LogP contribution is -2.59. The van der Waals surface area contributed by atoms with Gasteiger partial charge >= 0.3 is 6.09 Å². The summed E-state index contributed by atoms with van der Waals surface area (Å²) in [5.74, 6) is 0.769. The fourth-order valence-corrected chi connectivity index (χ4v) is 3.98. The van der Waals surface area contributed by atoms with Gasteiger partial charge in [-0.1, -0.05) is 0 Å². The summed E-state index contributed by atoms with van der Waals surface area (Å²) in [6.07, 6.45) is 2.99. The number of pyridine rings is 2. The van der Waals surface area contributed by atoms with Crippen molar-refractivity contribution in [2.24, 2.45) is 0 Å². The minimum atomic E-state index is -0.531. The molecule has 0 N–H and O–H groups in total. The van der Waals surface area contributed by atoms with E-state index in [1.54, 1.807) is 17.3 Å². The van der Waals surface area contributed by atoms with E-state index >= 15 is 0 Å². The number of fused-ring (bicyclic) bond motifs is 1. The van der Waals surface area contributed by atoms with Crippen molar-refractivity contribution in [2.45, 2.75) is 52.3 Å². The van der Waals surface area contributed by atoms with Crippen LogP contribution in [0.5, 0.6) is 0 Å². The third kappa shape index (κ3) is 4.04. The fraction of sp³-hybridized carbons (Fsp3) is 0.500. The van der Waals surface area contributed by atoms with E-state index in [1.165, 1.54) is 0 Å². The Morgan fingerprint density at radius 2 is 1.89 bits per heavy atom. The highest BCUT2D eigenvalue weighted by atomic mass is 79.9. The van der Waals surface area contributed by atoms with Crippen LogP contribution in [0, 0.1) is 11.3 Å². The molecule has 3 rings (SSSR count). The Kier molecular flexibility index (Phi) is 5.48. The summed E-state index contributed by atoms with van der Waals surface area (Å²) in [6, 6.07) is 3.85. The average molecular weight is 446 g/mol. The van der Waals surface area contributed by atoms with Crippen LogP contribution in [0.2, 0.25) is 0 Å². The Morgan fingerprint density at radius 1 is 1.25 bits per heavy atom. The minimum absolute atomic E-state index is 0.0498. The van der Waals surface area contributed by atoms with Crippen LogP contribution in [0.4, 0.5) is 10.6 Å². The quantitative estimate of drug-likeness (QED) is 0.656. The molecule has 1 fully saturated rings. The minimum Gasteiger partial charge on any atom is -0.444 e. The van der Waals surface area contributed by atoms with Gasteiger partial charge in [0.25, 0.3) is 0 Å². The Morgan fingerprint density at radius 3 is 2.46 bits per heavy atom. The maximum Gasteiger partial charge on any atom is 0.410 e. The third-order valence-corrected chi connectivity index (χ3v) is 5.19. The largest absolute Gasteiger partial charge is 0.444 e. The first kappa shape index (κ1) is 20.3. The summed E-state index contributed by atoms with van der Waals surface area (Å²) in [7, 11) is 0. The number of rotatable bonds is 1. The normalized spacial score (nSPS) is 20.2. The Balaban J connectivity index is 1.92. The summed E-state index contributed by atoms with van der Waals surface area (Å²) in [5.41, 5.74) is 0.720. The molecule has 8 heteroatoms. The van der Waals surface area contributed by atoms with Crippen molar-refractivity contribution < 1.29 is 9.53 Å². The molecule has 0 aliphatic carbocycles. The molecule has 1 aliphatic rings. The fourth-order valence-electron chi connectivity index (χ4n) is 3.56. The maximum absolute atomic E-state index is 12.6. The molecule has 3 heterocycles. The number of carbonyl (C=O) groups excluding carboxylic acids is 1. The molecule has 0 bridgehead atoms. The maximum atomic E-state index is 12.6. The van der Waals surface area contributed by atoms with Gasteiger partial charge in [0.2, 0.25) is 0 Å². The SMILES string of the molecule is C[C@@H]1CN(c2ncc(Br)c3ncc(C#N)cc23)C[C@H](C)N1C(=O)OC(C)(C)C. The molecular weight excluding hydrogens is 422 g/mol. The lowest BCUT2D eigenvalue weighted by molar-refractivity contribution is 0.00563. The van der Waals surface area contributed by atoms with Crippen LogP contribution < -0.4 is 4.90 Å². The number of nitriles is 1. The number of hydrogen-bond donors (Lipinski definition) is 0. The number of nitrogens with zero attached hydrogens (tertiary/aromatic N) is 5. The van der Waals surface area contributed by atoms with Gasteiger partial charge in [-0.05, 0) is 56.6 Å². The van der Waals surface area contributed by atoms with Gasteiger partial charge in [-0.3, -0.25) is 9.88 Å². The summed E-state index contributed by atoms with van der Waals surface area (Å²) in [6.45, 7) is 10.9. The Hall–Kier alpha value is -2.40. The molecule has 0 saturated carbocycles. The second-order valence-electron chi connectivity index (χ2n) is 8.15. The van der Waals surface area contributed by atoms with Gasteiger partial charge in [0.1, 0.15) is 17.5 Å². The predicted octanol–water partition coefficient (Wildman–Crippen LogP) is 4.10. The van der Waals surface area contributed by atoms with Crippen molar-refractivity contribution in [2.75, 3.05) is 18.0 Å². The first-order chi connectivity index (χ1) is 13.1. The van der Waals surface area contributed by atoms with Gasteiger partial charge in [0.15, 0.2) is 0 Å². The zero-order valence-corrected chi connectivity index (χ0v) is 18.3. The second kappa shape index (κ2) is 7.55. The molecule has 2 aromatic rings. The average Bonchev–Trinajstić information content (AvgIpc) is 2.59. The van der Waals surface area contributed by atoms with Gasteiger partial charge in [-0.15, -0.1) is 0 Å². The molecule has 0 spiro atoms. The molecule has 2 atom stereocenters. The van der Waals surface area contributed by atoms with E-state index in [-0.39, 0.29) is 18.2 Å². The van der Waals surface area contributed by atoms with Crippen LogP contribution >= 0.6 is 15.9 Å². The van der Waals surface area contributed by atoms with E-state index in [4.69, 9.17) is 4.74 Å². The molecule has 28 heavy (non-hydrogen) atoms. The van der Waals surface area contributed by atoms with Crippen LogP contribution in [-0.4, -0.2) is 51.7 Å². The van der Waals surface area contributed by atoms with Crippen LogP contribution in [-0.2, 0) is 4.74 Å². The van der Waals surface area contributed by atoms with Crippen LogP contribution in [0.25, 0.3) is 10.9 Å². The topological polar surface area (TPSA) is 82.4 Å². The molecule has 1 aliphatic heterocycles. The van der Waals surface area contributed by atoms with E-state index in [0.717, 1.165) is 21.2 Å². The van der Waals surface area contributed by atoms with Gasteiger partial charge in [0, 0.05) is 30.9 Å². The zero-order chi connectivity index (χ0) is 20.6. The van der Waals surface area contributed by atoms with Crippen molar-refractivity contribution in [1.29, 1.82) is 5.26 Å². The smallest absolute Gasteiger partial charge is 0.410 e. The second-order valence-corrected chi connectivity index (χ2v) is 9.01. The predicted molar refractivity (Wildman–Crippen MR) is 111 cm³/mol. The number of aromatic nitrogens is 2. The Bertz CT molecular complexity index is 938. The van der Waals surface area contributed by atoms with Crippen LogP contribution in [0.1, 0.15) is 40.2 Å². The molecule has 148 valence electrons. The van der Waals surface area contributed by atoms with Crippen molar-refractivity contribution in [1.82, 2.24) is 14.9 Å². The number of piperazine rings is 1. The van der Waals surface area contributed by atoms with Crippen LogP contribution in [0.15, 0.2) is 22.9 Å². The molecular formula is C20H24BrN5O2. The highest BCUT2D eigenvalue weighted by Crippen LogP contribution is 2.32. The van der Waals surface area contributed by atoms with E-state index in [2.05, 4.69) is 36.9 Å². The lowest BCUT2D eigenvalue weighted by atomic mass is 10.1. The van der Waals surface area contributed by atoms with E-state index in [1.807, 2.05) is 40.7 Å². The first-order valence-corrected chi connectivity index (χ1v) is 10.0. The van der Waals surface area contributed by atoms with Gasteiger partial charge in [-0.25, -0.2) is 9.78 Å². The van der Waals surface area contributed by atoms with Crippen molar-refractivity contribution in [3.63, 3.8) is 0 Å². The number of ether oxygens (including phenoxy) is 1. The van der Waals surface area contributed by atoms with Crippen molar-refractivity contribution in [3.8, 4) is 6.07 Å². The number of halogens is 1. The van der Waals surface area contributed by atoms with Gasteiger partial charge in [-0.2, -0.15) is 5.26 Å². The third-order valence-electron chi connectivity index (χ3n) is 4.61.